The van der Waals surface area contributed by atoms with Gasteiger partial charge in [0.15, 0.2) is 0 Å². The molecule has 0 saturated carbocycles. The molecule has 1 N–H and O–H groups in total. The predicted octanol–water partition coefficient (Wildman–Crippen LogP) is 2.11. The third kappa shape index (κ3) is 2.48. The van der Waals surface area contributed by atoms with E-state index >= 15 is 0 Å². The Morgan fingerprint density at radius 1 is 1.69 bits per heavy atom. The fourth-order valence-electron chi connectivity index (χ4n) is 1.40. The van der Waals surface area contributed by atoms with Gasteiger partial charge in [0.25, 0.3) is 0 Å². The van der Waals surface area contributed by atoms with Crippen LogP contribution < -0.4 is 0 Å². The van der Waals surface area contributed by atoms with Crippen molar-refractivity contribution in [1.82, 2.24) is 4.31 Å². The molecular formula is C9H15NO2S. The quantitative estimate of drug-likeness (QED) is 0.707. The van der Waals surface area contributed by atoms with Crippen LogP contribution in [0.4, 0.5) is 0 Å². The van der Waals surface area contributed by atoms with E-state index in [9.17, 15) is 4.79 Å². The van der Waals surface area contributed by atoms with Gasteiger partial charge in [-0.25, -0.2) is 9.10 Å². The molecule has 0 spiro atoms. The second-order valence-corrected chi connectivity index (χ2v) is 4.01. The van der Waals surface area contributed by atoms with Gasteiger partial charge in [0.05, 0.1) is 5.57 Å². The molecule has 0 aromatic carbocycles. The highest BCUT2D eigenvalue weighted by Crippen LogP contribution is 2.28. The molecule has 0 radical (unpaired) electrons. The summed E-state index contributed by atoms with van der Waals surface area (Å²) in [7, 11) is 0. The highest BCUT2D eigenvalue weighted by Gasteiger charge is 2.24. The number of carbonyl (C=O) groups is 1. The van der Waals surface area contributed by atoms with Gasteiger partial charge in [-0.2, -0.15) is 0 Å². The Labute approximate surface area is 82.9 Å². The molecule has 4 heteroatoms. The molecule has 0 aliphatic carbocycles. The van der Waals surface area contributed by atoms with Crippen molar-refractivity contribution in [1.29, 1.82) is 0 Å². The van der Waals surface area contributed by atoms with Crippen LogP contribution in [0.2, 0.25) is 0 Å². The highest BCUT2D eigenvalue weighted by molar-refractivity contribution is 8.00. The van der Waals surface area contributed by atoms with Crippen LogP contribution in [-0.2, 0) is 4.79 Å². The normalized spacial score (nSPS) is 17.9. The van der Waals surface area contributed by atoms with Crippen LogP contribution in [-0.4, -0.2) is 28.0 Å². The molecule has 13 heavy (non-hydrogen) atoms. The summed E-state index contributed by atoms with van der Waals surface area (Å²) in [6, 6.07) is 0.498. The maximum absolute atomic E-state index is 10.6. The first-order valence-corrected chi connectivity index (χ1v) is 5.38. The van der Waals surface area contributed by atoms with Crippen LogP contribution in [0.5, 0.6) is 0 Å². The van der Waals surface area contributed by atoms with Crippen LogP contribution in [0, 0.1) is 0 Å². The van der Waals surface area contributed by atoms with Crippen LogP contribution >= 0.6 is 11.9 Å². The minimum Gasteiger partial charge on any atom is -0.478 e. The maximum Gasteiger partial charge on any atom is 0.333 e. The van der Waals surface area contributed by atoms with Gasteiger partial charge in [0.1, 0.15) is 0 Å². The van der Waals surface area contributed by atoms with Crippen molar-refractivity contribution in [3.8, 4) is 0 Å². The summed E-state index contributed by atoms with van der Waals surface area (Å²) >= 11 is 1.53. The molecule has 1 heterocycles. The van der Waals surface area contributed by atoms with Crippen molar-refractivity contribution in [3.05, 3.63) is 11.0 Å². The van der Waals surface area contributed by atoms with E-state index in [1.54, 1.807) is 5.41 Å². The number of nitrogens with zero attached hydrogens (tertiary/aromatic N) is 1. The molecule has 1 rings (SSSR count). The number of rotatable bonds is 4. The van der Waals surface area contributed by atoms with Gasteiger partial charge in [-0.1, -0.05) is 13.8 Å². The van der Waals surface area contributed by atoms with Gasteiger partial charge in [-0.15, -0.1) is 0 Å². The lowest BCUT2D eigenvalue weighted by molar-refractivity contribution is -0.132. The summed E-state index contributed by atoms with van der Waals surface area (Å²) in [4.78, 5) is 10.6. The van der Waals surface area contributed by atoms with Gasteiger partial charge in [0.2, 0.25) is 0 Å². The topological polar surface area (TPSA) is 40.5 Å². The molecule has 3 nitrogen and oxygen atoms in total. The summed E-state index contributed by atoms with van der Waals surface area (Å²) in [5, 5.41) is 10.5. The summed E-state index contributed by atoms with van der Waals surface area (Å²) in [5.74, 6) is -0.791. The van der Waals surface area contributed by atoms with Crippen molar-refractivity contribution < 1.29 is 9.90 Å². The second-order valence-electron chi connectivity index (χ2n) is 3.10. The van der Waals surface area contributed by atoms with Crippen molar-refractivity contribution in [2.24, 2.45) is 0 Å². The second kappa shape index (κ2) is 4.67. The molecule has 0 fully saturated rings. The number of hydrogen-bond donors (Lipinski definition) is 1. The maximum atomic E-state index is 10.6. The predicted molar refractivity (Wildman–Crippen MR) is 54.4 cm³/mol. The van der Waals surface area contributed by atoms with E-state index in [2.05, 4.69) is 18.2 Å². The molecule has 0 amide bonds. The Balaban J connectivity index is 2.49. The molecule has 0 aromatic heterocycles. The van der Waals surface area contributed by atoms with Crippen LogP contribution in [0.25, 0.3) is 0 Å². The monoisotopic (exact) mass is 201 g/mol. The van der Waals surface area contributed by atoms with Gasteiger partial charge in [-0.3, -0.25) is 0 Å². The summed E-state index contributed by atoms with van der Waals surface area (Å²) in [6.45, 7) is 4.84. The Morgan fingerprint density at radius 2 is 2.31 bits per heavy atom. The Hall–Kier alpha value is -0.480. The highest BCUT2D eigenvalue weighted by atomic mass is 32.2. The average molecular weight is 201 g/mol. The van der Waals surface area contributed by atoms with Crippen LogP contribution in [0.1, 0.15) is 26.7 Å². The zero-order valence-electron chi connectivity index (χ0n) is 7.99. The van der Waals surface area contributed by atoms with Crippen molar-refractivity contribution in [2.45, 2.75) is 32.7 Å². The third-order valence-electron chi connectivity index (χ3n) is 2.28. The first-order valence-electron chi connectivity index (χ1n) is 4.54. The van der Waals surface area contributed by atoms with Gasteiger partial charge >= 0.3 is 5.97 Å². The molecular weight excluding hydrogens is 186 g/mol. The first-order chi connectivity index (χ1) is 6.19. The van der Waals surface area contributed by atoms with E-state index in [1.165, 1.54) is 11.9 Å². The zero-order valence-corrected chi connectivity index (χ0v) is 8.80. The van der Waals surface area contributed by atoms with E-state index < -0.39 is 5.97 Å². The first kappa shape index (κ1) is 10.6. The number of hydrogen-bond acceptors (Lipinski definition) is 3. The molecule has 0 aromatic rings. The largest absolute Gasteiger partial charge is 0.478 e. The van der Waals surface area contributed by atoms with Gasteiger partial charge < -0.3 is 5.11 Å². The van der Waals surface area contributed by atoms with E-state index in [1.807, 2.05) is 0 Å². The molecule has 1 aliphatic rings. The number of aliphatic carboxylic acids is 1. The summed E-state index contributed by atoms with van der Waals surface area (Å²) < 4.78 is 2.14. The van der Waals surface area contributed by atoms with E-state index in [-0.39, 0.29) is 0 Å². The minimum atomic E-state index is -0.791. The fourth-order valence-corrected chi connectivity index (χ4v) is 2.52. The Bertz CT molecular complexity index is 224. The SMILES string of the molecule is CCC(CC)N1CC(C(=O)O)=CS1. The van der Waals surface area contributed by atoms with Crippen molar-refractivity contribution >= 4 is 17.9 Å². The van der Waals surface area contributed by atoms with Crippen LogP contribution in [0.3, 0.4) is 0 Å². The lowest BCUT2D eigenvalue weighted by Crippen LogP contribution is -2.28. The molecule has 74 valence electrons. The Morgan fingerprint density at radius 3 is 2.69 bits per heavy atom. The van der Waals surface area contributed by atoms with E-state index in [0.29, 0.717) is 18.2 Å². The lowest BCUT2D eigenvalue weighted by Gasteiger charge is -2.23. The summed E-state index contributed by atoms with van der Waals surface area (Å²) in [6.07, 6.45) is 2.15. The molecule has 0 unspecified atom stereocenters. The molecule has 0 atom stereocenters. The molecule has 1 aliphatic heterocycles. The fraction of sp³-hybridized carbons (Fsp3) is 0.667. The average Bonchev–Trinajstić information content (AvgIpc) is 2.56. The van der Waals surface area contributed by atoms with Gasteiger partial charge in [0, 0.05) is 12.6 Å². The molecule has 0 saturated heterocycles. The third-order valence-corrected chi connectivity index (χ3v) is 3.37. The number of carboxylic acids is 1. The summed E-state index contributed by atoms with van der Waals surface area (Å²) in [5.41, 5.74) is 0.511. The van der Waals surface area contributed by atoms with Crippen molar-refractivity contribution in [3.63, 3.8) is 0 Å². The van der Waals surface area contributed by atoms with Crippen molar-refractivity contribution in [2.75, 3.05) is 6.54 Å². The van der Waals surface area contributed by atoms with Gasteiger partial charge in [-0.05, 0) is 30.2 Å². The van der Waals surface area contributed by atoms with E-state index in [4.69, 9.17) is 5.11 Å². The standard InChI is InChI=1S/C9H15NO2S/c1-3-8(4-2)10-5-7(6-13-10)9(11)12/h6,8H,3-5H2,1-2H3,(H,11,12). The minimum absolute atomic E-state index is 0.498. The zero-order chi connectivity index (χ0) is 9.84. The Kier molecular flexibility index (Phi) is 3.81. The van der Waals surface area contributed by atoms with E-state index in [0.717, 1.165) is 12.8 Å². The number of carboxylic acid groups (broad SMARTS) is 1. The van der Waals surface area contributed by atoms with Crippen LogP contribution in [0.15, 0.2) is 11.0 Å². The molecule has 0 bridgehead atoms. The smallest absolute Gasteiger partial charge is 0.333 e. The lowest BCUT2D eigenvalue weighted by atomic mass is 10.1.